The highest BCUT2D eigenvalue weighted by Crippen LogP contribution is 2.40. The van der Waals surface area contributed by atoms with Gasteiger partial charge in [0.1, 0.15) is 0 Å². The summed E-state index contributed by atoms with van der Waals surface area (Å²) in [5, 5.41) is 0. The molecule has 100 valence electrons. The lowest BCUT2D eigenvalue weighted by atomic mass is 9.68. The first kappa shape index (κ1) is 15.9. The van der Waals surface area contributed by atoms with Crippen molar-refractivity contribution in [3.63, 3.8) is 0 Å². The molecule has 0 amide bonds. The first-order valence-corrected chi connectivity index (χ1v) is 5.97. The molecule has 0 rings (SSSR count). The summed E-state index contributed by atoms with van der Waals surface area (Å²) in [5.41, 5.74) is -1.82. The Morgan fingerprint density at radius 3 is 1.94 bits per heavy atom. The summed E-state index contributed by atoms with van der Waals surface area (Å²) in [5.74, 6) is -1.06. The number of carbonyl (C=O) groups is 2. The van der Waals surface area contributed by atoms with Gasteiger partial charge in [0, 0.05) is 0 Å². The van der Waals surface area contributed by atoms with Crippen LogP contribution in [-0.2, 0) is 19.1 Å². The van der Waals surface area contributed by atoms with Gasteiger partial charge in [-0.1, -0.05) is 34.1 Å². The van der Waals surface area contributed by atoms with E-state index in [1.807, 2.05) is 27.7 Å². The number of esters is 2. The van der Waals surface area contributed by atoms with Gasteiger partial charge in [-0.05, 0) is 18.8 Å². The molecule has 0 saturated carbocycles. The highest BCUT2D eigenvalue weighted by Gasteiger charge is 2.53. The standard InChI is InChI=1S/C13H24O4/c1-7-8-9-17-11(15)13(5,10(14)16-6)12(2,3)4/h7-9H2,1-6H3. The molecule has 0 bridgehead atoms. The second-order valence-corrected chi connectivity index (χ2v) is 5.36. The summed E-state index contributed by atoms with van der Waals surface area (Å²) in [6.07, 6.45) is 1.74. The van der Waals surface area contributed by atoms with Crippen LogP contribution < -0.4 is 0 Å². The van der Waals surface area contributed by atoms with Crippen LogP contribution in [-0.4, -0.2) is 25.7 Å². The normalized spacial score (nSPS) is 14.9. The van der Waals surface area contributed by atoms with Crippen LogP contribution in [0.3, 0.4) is 0 Å². The third-order valence-electron chi connectivity index (χ3n) is 3.23. The number of unbranched alkanes of at least 4 members (excludes halogenated alkanes) is 1. The monoisotopic (exact) mass is 244 g/mol. The molecule has 0 aromatic rings. The molecule has 0 aromatic carbocycles. The maximum atomic E-state index is 12.1. The van der Waals surface area contributed by atoms with E-state index in [2.05, 4.69) is 0 Å². The Morgan fingerprint density at radius 2 is 1.59 bits per heavy atom. The molecule has 0 aliphatic heterocycles. The van der Waals surface area contributed by atoms with E-state index < -0.39 is 22.8 Å². The van der Waals surface area contributed by atoms with Crippen molar-refractivity contribution >= 4 is 11.9 Å². The Balaban J connectivity index is 4.94. The zero-order valence-corrected chi connectivity index (χ0v) is 11.8. The summed E-state index contributed by atoms with van der Waals surface area (Å²) in [4.78, 5) is 23.9. The predicted octanol–water partition coefficient (Wildman–Crippen LogP) is 2.56. The number of hydrogen-bond acceptors (Lipinski definition) is 4. The third kappa shape index (κ3) is 3.45. The molecule has 0 heterocycles. The fraction of sp³-hybridized carbons (Fsp3) is 0.846. The molecular weight excluding hydrogens is 220 g/mol. The van der Waals surface area contributed by atoms with Crippen LogP contribution in [0.2, 0.25) is 0 Å². The fourth-order valence-corrected chi connectivity index (χ4v) is 1.35. The summed E-state index contributed by atoms with van der Waals surface area (Å²) in [6, 6.07) is 0. The average molecular weight is 244 g/mol. The molecule has 17 heavy (non-hydrogen) atoms. The van der Waals surface area contributed by atoms with Crippen molar-refractivity contribution in [2.75, 3.05) is 13.7 Å². The van der Waals surface area contributed by atoms with E-state index in [1.54, 1.807) is 6.92 Å². The molecule has 1 unspecified atom stereocenters. The van der Waals surface area contributed by atoms with Gasteiger partial charge in [-0.15, -0.1) is 0 Å². The van der Waals surface area contributed by atoms with Crippen LogP contribution >= 0.6 is 0 Å². The first-order valence-electron chi connectivity index (χ1n) is 5.97. The second kappa shape index (κ2) is 6.03. The zero-order chi connectivity index (χ0) is 13.7. The van der Waals surface area contributed by atoms with Gasteiger partial charge in [0.25, 0.3) is 0 Å². The summed E-state index contributed by atoms with van der Waals surface area (Å²) >= 11 is 0. The van der Waals surface area contributed by atoms with Gasteiger partial charge in [0.2, 0.25) is 0 Å². The van der Waals surface area contributed by atoms with Crippen LogP contribution in [0.4, 0.5) is 0 Å². The maximum Gasteiger partial charge on any atom is 0.323 e. The molecule has 0 aromatic heterocycles. The Hall–Kier alpha value is -1.06. The SMILES string of the molecule is CCCCOC(=O)C(C)(C(=O)OC)C(C)(C)C. The van der Waals surface area contributed by atoms with Crippen LogP contribution in [0.1, 0.15) is 47.5 Å². The molecule has 0 radical (unpaired) electrons. The Bertz CT molecular complexity index is 278. The Labute approximate surface area is 104 Å². The van der Waals surface area contributed by atoms with E-state index in [1.165, 1.54) is 7.11 Å². The largest absolute Gasteiger partial charge is 0.468 e. The van der Waals surface area contributed by atoms with Crippen molar-refractivity contribution < 1.29 is 19.1 Å². The van der Waals surface area contributed by atoms with E-state index in [9.17, 15) is 9.59 Å². The molecule has 0 aliphatic rings. The van der Waals surface area contributed by atoms with Gasteiger partial charge >= 0.3 is 11.9 Å². The molecular formula is C13H24O4. The minimum Gasteiger partial charge on any atom is -0.468 e. The minimum absolute atomic E-state index is 0.345. The average Bonchev–Trinajstić information content (AvgIpc) is 2.25. The topological polar surface area (TPSA) is 52.6 Å². The molecule has 0 aliphatic carbocycles. The van der Waals surface area contributed by atoms with Crippen molar-refractivity contribution in [1.82, 2.24) is 0 Å². The first-order chi connectivity index (χ1) is 7.71. The van der Waals surface area contributed by atoms with E-state index in [0.717, 1.165) is 12.8 Å². The van der Waals surface area contributed by atoms with Crippen molar-refractivity contribution in [3.05, 3.63) is 0 Å². The molecule has 1 atom stereocenters. The van der Waals surface area contributed by atoms with Crippen molar-refractivity contribution in [2.45, 2.75) is 47.5 Å². The van der Waals surface area contributed by atoms with Crippen molar-refractivity contribution in [1.29, 1.82) is 0 Å². The van der Waals surface area contributed by atoms with Gasteiger partial charge in [-0.25, -0.2) is 0 Å². The highest BCUT2D eigenvalue weighted by molar-refractivity contribution is 6.00. The Kier molecular flexibility index (Phi) is 5.66. The lowest BCUT2D eigenvalue weighted by Crippen LogP contribution is -2.48. The van der Waals surface area contributed by atoms with E-state index in [-0.39, 0.29) is 0 Å². The van der Waals surface area contributed by atoms with Crippen LogP contribution in [0.5, 0.6) is 0 Å². The number of rotatable bonds is 5. The van der Waals surface area contributed by atoms with Gasteiger partial charge in [-0.3, -0.25) is 9.59 Å². The molecule has 4 heteroatoms. The summed E-state index contributed by atoms with van der Waals surface area (Å²) < 4.78 is 9.89. The highest BCUT2D eigenvalue weighted by atomic mass is 16.6. The molecule has 0 N–H and O–H groups in total. The van der Waals surface area contributed by atoms with Crippen LogP contribution in [0.15, 0.2) is 0 Å². The van der Waals surface area contributed by atoms with Crippen LogP contribution in [0.25, 0.3) is 0 Å². The smallest absolute Gasteiger partial charge is 0.323 e. The molecule has 0 saturated heterocycles. The fourth-order valence-electron chi connectivity index (χ4n) is 1.35. The lowest BCUT2D eigenvalue weighted by molar-refractivity contribution is -0.178. The minimum atomic E-state index is -1.27. The lowest BCUT2D eigenvalue weighted by Gasteiger charge is -2.36. The van der Waals surface area contributed by atoms with Crippen molar-refractivity contribution in [3.8, 4) is 0 Å². The van der Waals surface area contributed by atoms with Gasteiger partial charge in [0.15, 0.2) is 5.41 Å². The van der Waals surface area contributed by atoms with Gasteiger partial charge in [-0.2, -0.15) is 0 Å². The summed E-state index contributed by atoms with van der Waals surface area (Å²) in [7, 11) is 1.28. The van der Waals surface area contributed by atoms with Crippen molar-refractivity contribution in [2.24, 2.45) is 10.8 Å². The quantitative estimate of drug-likeness (QED) is 0.423. The maximum absolute atomic E-state index is 12.1. The molecule has 4 nitrogen and oxygen atoms in total. The number of carbonyl (C=O) groups excluding carboxylic acids is 2. The third-order valence-corrected chi connectivity index (χ3v) is 3.23. The second-order valence-electron chi connectivity index (χ2n) is 5.36. The number of methoxy groups -OCH3 is 1. The Morgan fingerprint density at radius 1 is 1.06 bits per heavy atom. The molecule has 0 fully saturated rings. The van der Waals surface area contributed by atoms with Gasteiger partial charge in [0.05, 0.1) is 13.7 Å². The van der Waals surface area contributed by atoms with Crippen LogP contribution in [0, 0.1) is 10.8 Å². The predicted molar refractivity (Wildman–Crippen MR) is 65.4 cm³/mol. The number of ether oxygens (including phenoxy) is 2. The zero-order valence-electron chi connectivity index (χ0n) is 11.8. The van der Waals surface area contributed by atoms with E-state index in [4.69, 9.17) is 9.47 Å². The van der Waals surface area contributed by atoms with E-state index >= 15 is 0 Å². The van der Waals surface area contributed by atoms with Gasteiger partial charge < -0.3 is 9.47 Å². The molecule has 0 spiro atoms. The summed E-state index contributed by atoms with van der Waals surface area (Å²) in [6.45, 7) is 9.41. The van der Waals surface area contributed by atoms with E-state index in [0.29, 0.717) is 6.61 Å². The number of hydrogen-bond donors (Lipinski definition) is 0.